The third-order valence-corrected chi connectivity index (χ3v) is 16.7. The maximum Gasteiger partial charge on any atom is 0.306 e. The number of likely N-dealkylation sites (tertiary alicyclic amines) is 1. The quantitative estimate of drug-likeness (QED) is 0.157. The highest BCUT2D eigenvalue weighted by molar-refractivity contribution is 6.99. The smallest absolute Gasteiger partial charge is 0.306 e. The second kappa shape index (κ2) is 14.3. The summed E-state index contributed by atoms with van der Waals surface area (Å²) < 4.78 is 7.50. The van der Waals surface area contributed by atoms with E-state index in [2.05, 4.69) is 87.2 Å². The first-order valence-electron chi connectivity index (χ1n) is 17.6. The van der Waals surface area contributed by atoms with Gasteiger partial charge in [-0.3, -0.25) is 9.59 Å². The van der Waals surface area contributed by atoms with Crippen LogP contribution >= 0.6 is 23.2 Å². The van der Waals surface area contributed by atoms with Crippen molar-refractivity contribution in [3.05, 3.63) is 130 Å². The fourth-order valence-corrected chi connectivity index (χ4v) is 13.5. The molecule has 1 saturated carbocycles. The van der Waals surface area contributed by atoms with E-state index in [1.807, 2.05) is 61.5 Å². The lowest BCUT2D eigenvalue weighted by Crippen LogP contribution is -2.68. The second-order valence-corrected chi connectivity index (χ2v) is 20.5. The monoisotopic (exact) mass is 727 g/mol. The Labute approximate surface area is 307 Å². The van der Waals surface area contributed by atoms with Crippen LogP contribution < -0.4 is 10.4 Å². The summed E-state index contributed by atoms with van der Waals surface area (Å²) in [5.74, 6) is -1.78. The van der Waals surface area contributed by atoms with Crippen LogP contribution in [0.15, 0.2) is 109 Å². The van der Waals surface area contributed by atoms with Crippen LogP contribution in [0.25, 0.3) is 0 Å². The lowest BCUT2D eigenvalue weighted by molar-refractivity contribution is -0.158. The van der Waals surface area contributed by atoms with E-state index in [0.717, 1.165) is 11.1 Å². The van der Waals surface area contributed by atoms with Gasteiger partial charge in [-0.1, -0.05) is 143 Å². The highest BCUT2D eigenvalue weighted by Crippen LogP contribution is 2.61. The Morgan fingerprint density at radius 3 is 2.00 bits per heavy atom. The molecule has 1 heterocycles. The minimum Gasteiger partial charge on any atom is -0.481 e. The molecule has 1 saturated heterocycles. The van der Waals surface area contributed by atoms with Gasteiger partial charge in [0.05, 0.1) is 30.0 Å². The first kappa shape index (κ1) is 36.4. The van der Waals surface area contributed by atoms with E-state index in [1.54, 1.807) is 0 Å². The molecule has 1 amide bonds. The number of carboxylic acid groups (broad SMARTS) is 1. The summed E-state index contributed by atoms with van der Waals surface area (Å²) in [5.41, 5.74) is 1.12. The predicted molar refractivity (Wildman–Crippen MR) is 205 cm³/mol. The second-order valence-electron chi connectivity index (χ2n) is 15.3. The average molecular weight is 729 g/mol. The molecule has 1 N–H and O–H groups in total. The number of aliphatic carboxylic acids is 1. The van der Waals surface area contributed by atoms with Crippen LogP contribution in [-0.4, -0.2) is 42.8 Å². The van der Waals surface area contributed by atoms with E-state index in [-0.39, 0.29) is 34.9 Å². The van der Waals surface area contributed by atoms with Crippen LogP contribution in [0, 0.1) is 17.3 Å². The molecule has 0 bridgehead atoms. The van der Waals surface area contributed by atoms with Gasteiger partial charge in [-0.25, -0.2) is 0 Å². The van der Waals surface area contributed by atoms with Crippen molar-refractivity contribution in [3.8, 4) is 0 Å². The van der Waals surface area contributed by atoms with Crippen LogP contribution in [0.5, 0.6) is 0 Å². The topological polar surface area (TPSA) is 66.8 Å². The van der Waals surface area contributed by atoms with Crippen LogP contribution in [-0.2, 0) is 14.0 Å². The Morgan fingerprint density at radius 1 is 0.900 bits per heavy atom. The molecule has 1 aliphatic carbocycles. The molecule has 0 aromatic heterocycles. The molecular weight excluding hydrogens is 681 g/mol. The number of piperidine rings is 1. The van der Waals surface area contributed by atoms with Gasteiger partial charge in [-0.05, 0) is 76.0 Å². The van der Waals surface area contributed by atoms with Crippen molar-refractivity contribution in [2.75, 3.05) is 6.61 Å². The number of hydrogen-bond donors (Lipinski definition) is 1. The highest BCUT2D eigenvalue weighted by atomic mass is 35.5. The molecule has 5 nitrogen and oxygen atoms in total. The lowest BCUT2D eigenvalue weighted by Gasteiger charge is -2.53. The molecule has 1 aliphatic heterocycles. The van der Waals surface area contributed by atoms with Gasteiger partial charge < -0.3 is 14.4 Å². The Hall–Kier alpha value is -3.42. The molecule has 4 aromatic rings. The number of nitrogens with zero attached hydrogens (tertiary/aromatic N) is 1. The van der Waals surface area contributed by atoms with E-state index in [0.29, 0.717) is 35.9 Å². The normalized spacial score (nSPS) is 24.5. The summed E-state index contributed by atoms with van der Waals surface area (Å²) in [6.07, 6.45) is 1.66. The zero-order valence-corrected chi connectivity index (χ0v) is 32.0. The van der Waals surface area contributed by atoms with Gasteiger partial charge in [-0.15, -0.1) is 0 Å². The average Bonchev–Trinajstić information content (AvgIpc) is 3.92. The van der Waals surface area contributed by atoms with Gasteiger partial charge in [-0.2, -0.15) is 0 Å². The van der Waals surface area contributed by atoms with Crippen molar-refractivity contribution in [3.63, 3.8) is 0 Å². The van der Waals surface area contributed by atoms with E-state index < -0.39 is 25.6 Å². The van der Waals surface area contributed by atoms with Gasteiger partial charge in [0, 0.05) is 16.0 Å². The SMILES string of the molecule is CCC(CO[Si](c1ccccc1)(c1ccccc1)C(C)(C)C)N1C(=O)[C@@](C)(C2CC2C(=O)O)CC(c2cccc(Cl)c2)[C@H]1c1ccc(Cl)cc1. The summed E-state index contributed by atoms with van der Waals surface area (Å²) in [6.45, 7) is 11.2. The fourth-order valence-electron chi connectivity index (χ4n) is 8.61. The van der Waals surface area contributed by atoms with Crippen LogP contribution in [0.2, 0.25) is 15.1 Å². The van der Waals surface area contributed by atoms with Crippen molar-refractivity contribution in [2.24, 2.45) is 17.3 Å². The summed E-state index contributed by atoms with van der Waals surface area (Å²) in [6, 6.07) is 36.1. The van der Waals surface area contributed by atoms with Crippen LogP contribution in [0.3, 0.4) is 0 Å². The van der Waals surface area contributed by atoms with Crippen molar-refractivity contribution in [2.45, 2.75) is 76.9 Å². The lowest BCUT2D eigenvalue weighted by atomic mass is 9.65. The summed E-state index contributed by atoms with van der Waals surface area (Å²) in [4.78, 5) is 29.6. The zero-order chi connectivity index (χ0) is 35.8. The molecule has 2 fully saturated rings. The van der Waals surface area contributed by atoms with Crippen molar-refractivity contribution >= 4 is 53.8 Å². The van der Waals surface area contributed by atoms with E-state index in [9.17, 15) is 9.90 Å². The van der Waals surface area contributed by atoms with Crippen molar-refractivity contribution in [1.82, 2.24) is 4.90 Å². The number of carbonyl (C=O) groups is 2. The maximum atomic E-state index is 15.3. The van der Waals surface area contributed by atoms with Gasteiger partial charge in [0.1, 0.15) is 0 Å². The van der Waals surface area contributed by atoms with Crippen LogP contribution in [0.4, 0.5) is 0 Å². The number of halogens is 2. The number of rotatable bonds is 11. The molecule has 2 aliphatic rings. The van der Waals surface area contributed by atoms with Gasteiger partial charge in [0.15, 0.2) is 0 Å². The Kier molecular flexibility index (Phi) is 10.4. The number of hydrogen-bond acceptors (Lipinski definition) is 3. The first-order valence-corrected chi connectivity index (χ1v) is 20.3. The third-order valence-electron chi connectivity index (χ3n) is 11.2. The van der Waals surface area contributed by atoms with E-state index in [1.165, 1.54) is 10.4 Å². The first-order chi connectivity index (χ1) is 23.8. The van der Waals surface area contributed by atoms with Gasteiger partial charge in [0.2, 0.25) is 5.91 Å². The summed E-state index contributed by atoms with van der Waals surface area (Å²) in [5, 5.41) is 13.4. The largest absolute Gasteiger partial charge is 0.481 e. The number of carbonyl (C=O) groups excluding carboxylic acids is 1. The van der Waals surface area contributed by atoms with Crippen molar-refractivity contribution in [1.29, 1.82) is 0 Å². The number of amides is 1. The maximum absolute atomic E-state index is 15.3. The third kappa shape index (κ3) is 6.68. The molecule has 4 unspecified atom stereocenters. The standard InChI is InChI=1S/C42H47Cl2NO4Si/c1-6-32(27-49-50(41(2,3)4,33-16-9-7-10-17-33)34-18-11-8-12-19-34)45-38(28-20-22-30(43)23-21-28)36(29-14-13-15-31(44)24-29)26-42(5,40(45)48)37-25-35(37)39(46)47/h7-24,32,35-38H,6,25-27H2,1-5H3,(H,46,47)/t32?,35?,36?,37?,38-,42-/m1/s1. The fraction of sp³-hybridized carbons (Fsp3) is 0.381. The van der Waals surface area contributed by atoms with Gasteiger partial charge >= 0.3 is 5.97 Å². The van der Waals surface area contributed by atoms with E-state index in [4.69, 9.17) is 27.6 Å². The number of carboxylic acids is 1. The summed E-state index contributed by atoms with van der Waals surface area (Å²) in [7, 11) is -2.93. The minimum atomic E-state index is -2.93. The molecule has 50 heavy (non-hydrogen) atoms. The molecule has 6 rings (SSSR count). The Bertz CT molecular complexity index is 1770. The minimum absolute atomic E-state index is 0.0117. The Balaban J connectivity index is 1.50. The van der Waals surface area contributed by atoms with E-state index >= 15 is 4.79 Å². The molecule has 4 aromatic carbocycles. The molecule has 8 heteroatoms. The predicted octanol–water partition coefficient (Wildman–Crippen LogP) is 9.13. The molecular formula is C42H47Cl2NO4Si. The molecule has 262 valence electrons. The van der Waals surface area contributed by atoms with Crippen molar-refractivity contribution < 1.29 is 19.1 Å². The zero-order valence-electron chi connectivity index (χ0n) is 29.5. The number of benzene rings is 4. The van der Waals surface area contributed by atoms with Gasteiger partial charge in [0.25, 0.3) is 8.32 Å². The highest BCUT2D eigenvalue weighted by Gasteiger charge is 2.63. The summed E-state index contributed by atoms with van der Waals surface area (Å²) >= 11 is 13.0. The Morgan fingerprint density at radius 2 is 1.50 bits per heavy atom. The molecule has 0 radical (unpaired) electrons. The van der Waals surface area contributed by atoms with Crippen LogP contribution in [0.1, 0.15) is 77.0 Å². The molecule has 6 atom stereocenters. The molecule has 0 spiro atoms.